The number of nitriles is 1. The average molecular weight is 182 g/mol. The molecule has 72 valence electrons. The standard InChI is InChI=1S/C9H14N2O2/c1-11-5-9-13-8-3-7-12-6-2-4-10/h2-3,5-9H2. The fraction of sp³-hybridized carbons (Fsp3) is 0.778. The summed E-state index contributed by atoms with van der Waals surface area (Å²) >= 11 is 0. The second kappa shape index (κ2) is 10.9. The van der Waals surface area contributed by atoms with Gasteiger partial charge in [-0.25, -0.2) is 6.57 Å². The molecule has 0 unspecified atom stereocenters. The summed E-state index contributed by atoms with van der Waals surface area (Å²) in [5.41, 5.74) is 0. The van der Waals surface area contributed by atoms with Crippen LogP contribution in [0, 0.1) is 17.9 Å². The van der Waals surface area contributed by atoms with Crippen LogP contribution >= 0.6 is 0 Å². The second-order valence-electron chi connectivity index (χ2n) is 2.37. The minimum atomic E-state index is 0.426. The summed E-state index contributed by atoms with van der Waals surface area (Å²) in [6.45, 7) is 9.16. The van der Waals surface area contributed by atoms with Gasteiger partial charge in [0.05, 0.1) is 19.1 Å². The fourth-order valence-electron chi connectivity index (χ4n) is 0.695. The van der Waals surface area contributed by atoms with Gasteiger partial charge in [0.15, 0.2) is 0 Å². The lowest BCUT2D eigenvalue weighted by atomic mass is 10.5. The quantitative estimate of drug-likeness (QED) is 0.419. The van der Waals surface area contributed by atoms with Gasteiger partial charge in [-0.1, -0.05) is 0 Å². The van der Waals surface area contributed by atoms with E-state index in [1.165, 1.54) is 0 Å². The van der Waals surface area contributed by atoms with E-state index in [1.54, 1.807) is 0 Å². The molecule has 0 amide bonds. The van der Waals surface area contributed by atoms with Crippen molar-refractivity contribution in [1.29, 1.82) is 5.26 Å². The van der Waals surface area contributed by atoms with E-state index in [1.807, 2.05) is 6.07 Å². The predicted octanol–water partition coefficient (Wildman–Crippen LogP) is 1.24. The van der Waals surface area contributed by atoms with Crippen LogP contribution in [-0.2, 0) is 9.47 Å². The zero-order valence-electron chi connectivity index (χ0n) is 7.66. The van der Waals surface area contributed by atoms with Gasteiger partial charge in [0.1, 0.15) is 6.61 Å². The summed E-state index contributed by atoms with van der Waals surface area (Å²) < 4.78 is 10.2. The molecule has 0 bridgehead atoms. The number of rotatable bonds is 8. The van der Waals surface area contributed by atoms with Gasteiger partial charge in [0, 0.05) is 13.2 Å². The van der Waals surface area contributed by atoms with E-state index in [4.69, 9.17) is 21.3 Å². The lowest BCUT2D eigenvalue weighted by Crippen LogP contribution is -2.03. The highest BCUT2D eigenvalue weighted by Crippen LogP contribution is 1.87. The molecule has 0 aliphatic rings. The van der Waals surface area contributed by atoms with E-state index in [2.05, 4.69) is 4.85 Å². The van der Waals surface area contributed by atoms with E-state index >= 15 is 0 Å². The van der Waals surface area contributed by atoms with Gasteiger partial charge in [-0.15, -0.1) is 0 Å². The first-order valence-corrected chi connectivity index (χ1v) is 4.27. The van der Waals surface area contributed by atoms with E-state index in [0.29, 0.717) is 39.4 Å². The molecule has 0 saturated carbocycles. The molecule has 0 spiro atoms. The van der Waals surface area contributed by atoms with Crippen molar-refractivity contribution in [1.82, 2.24) is 0 Å². The van der Waals surface area contributed by atoms with Crippen molar-refractivity contribution in [3.8, 4) is 6.07 Å². The molecular formula is C9H14N2O2. The first kappa shape index (κ1) is 11.9. The Morgan fingerprint density at radius 1 is 1.15 bits per heavy atom. The van der Waals surface area contributed by atoms with Crippen molar-refractivity contribution in [2.45, 2.75) is 12.8 Å². The number of hydrogen-bond acceptors (Lipinski definition) is 3. The van der Waals surface area contributed by atoms with Crippen LogP contribution in [0.2, 0.25) is 0 Å². The maximum absolute atomic E-state index is 8.18. The molecule has 0 aromatic heterocycles. The first-order chi connectivity index (χ1) is 6.41. The van der Waals surface area contributed by atoms with Crippen molar-refractivity contribution in [3.05, 3.63) is 11.4 Å². The third kappa shape index (κ3) is 10.9. The predicted molar refractivity (Wildman–Crippen MR) is 48.0 cm³/mol. The summed E-state index contributed by atoms with van der Waals surface area (Å²) in [4.78, 5) is 3.15. The number of hydrogen-bond donors (Lipinski definition) is 0. The molecule has 13 heavy (non-hydrogen) atoms. The van der Waals surface area contributed by atoms with Crippen molar-refractivity contribution >= 4 is 0 Å². The minimum Gasteiger partial charge on any atom is -0.380 e. The molecule has 0 N–H and O–H groups in total. The molecule has 0 aliphatic carbocycles. The normalized spacial score (nSPS) is 9.08. The molecule has 0 saturated heterocycles. The molecular weight excluding hydrogens is 168 g/mol. The van der Waals surface area contributed by atoms with Gasteiger partial charge in [-0.2, -0.15) is 5.26 Å². The van der Waals surface area contributed by atoms with E-state index in [-0.39, 0.29) is 0 Å². The van der Waals surface area contributed by atoms with Crippen LogP contribution in [0.1, 0.15) is 12.8 Å². The fourth-order valence-corrected chi connectivity index (χ4v) is 0.695. The van der Waals surface area contributed by atoms with Crippen LogP contribution < -0.4 is 0 Å². The maximum Gasteiger partial charge on any atom is 0.237 e. The van der Waals surface area contributed by atoms with Gasteiger partial charge in [0.25, 0.3) is 0 Å². The van der Waals surface area contributed by atoms with E-state index < -0.39 is 0 Å². The topological polar surface area (TPSA) is 46.6 Å². The number of ether oxygens (including phenoxy) is 2. The van der Waals surface area contributed by atoms with E-state index in [0.717, 1.165) is 6.42 Å². The Kier molecular flexibility index (Phi) is 9.98. The van der Waals surface area contributed by atoms with Gasteiger partial charge < -0.3 is 14.3 Å². The molecule has 4 heteroatoms. The Hall–Kier alpha value is -1.10. The molecule has 0 heterocycles. The minimum absolute atomic E-state index is 0.426. The van der Waals surface area contributed by atoms with Crippen LogP contribution in [0.3, 0.4) is 0 Å². The lowest BCUT2D eigenvalue weighted by molar-refractivity contribution is 0.0898. The Balaban J connectivity index is 2.85. The Bertz CT molecular complexity index is 161. The molecule has 0 aromatic rings. The third-order valence-electron chi connectivity index (χ3n) is 1.28. The second-order valence-corrected chi connectivity index (χ2v) is 2.37. The van der Waals surface area contributed by atoms with Crippen LogP contribution in [0.15, 0.2) is 0 Å². The van der Waals surface area contributed by atoms with Crippen LogP contribution in [-0.4, -0.2) is 33.0 Å². The Morgan fingerprint density at radius 2 is 1.85 bits per heavy atom. The highest BCUT2D eigenvalue weighted by molar-refractivity contribution is 4.66. The zero-order valence-corrected chi connectivity index (χ0v) is 7.66. The van der Waals surface area contributed by atoms with Gasteiger partial charge in [-0.05, 0) is 6.42 Å². The number of nitrogens with zero attached hydrogens (tertiary/aromatic N) is 2. The smallest absolute Gasteiger partial charge is 0.237 e. The van der Waals surface area contributed by atoms with Crippen LogP contribution in [0.4, 0.5) is 0 Å². The Labute approximate surface area is 78.9 Å². The molecule has 0 fully saturated rings. The maximum atomic E-state index is 8.18. The van der Waals surface area contributed by atoms with Crippen molar-refractivity contribution in [2.75, 3.05) is 33.0 Å². The summed E-state index contributed by atoms with van der Waals surface area (Å²) in [7, 11) is 0. The summed E-state index contributed by atoms with van der Waals surface area (Å²) in [6, 6.07) is 2.00. The van der Waals surface area contributed by atoms with E-state index in [9.17, 15) is 0 Å². The summed E-state index contributed by atoms with van der Waals surface area (Å²) in [5, 5.41) is 8.18. The highest BCUT2D eigenvalue weighted by Gasteiger charge is 1.91. The highest BCUT2D eigenvalue weighted by atomic mass is 16.5. The molecule has 4 nitrogen and oxygen atoms in total. The molecule has 0 aliphatic heterocycles. The molecule has 0 radical (unpaired) electrons. The monoisotopic (exact) mass is 182 g/mol. The lowest BCUT2D eigenvalue weighted by Gasteiger charge is -2.01. The third-order valence-corrected chi connectivity index (χ3v) is 1.28. The van der Waals surface area contributed by atoms with Gasteiger partial charge in [-0.3, -0.25) is 0 Å². The Morgan fingerprint density at radius 3 is 2.46 bits per heavy atom. The SMILES string of the molecule is [C-]#[N+]CCOCCCOCCC#N. The van der Waals surface area contributed by atoms with Gasteiger partial charge >= 0.3 is 0 Å². The first-order valence-electron chi connectivity index (χ1n) is 4.27. The van der Waals surface area contributed by atoms with Crippen molar-refractivity contribution < 1.29 is 9.47 Å². The molecule has 0 atom stereocenters. The zero-order chi connectivity index (χ0) is 9.78. The van der Waals surface area contributed by atoms with Crippen molar-refractivity contribution in [2.24, 2.45) is 0 Å². The summed E-state index contributed by atoms with van der Waals surface area (Å²) in [6.07, 6.45) is 1.27. The molecule has 0 rings (SSSR count). The molecule has 0 aromatic carbocycles. The van der Waals surface area contributed by atoms with Gasteiger partial charge in [0.2, 0.25) is 6.54 Å². The largest absolute Gasteiger partial charge is 0.380 e. The summed E-state index contributed by atoms with van der Waals surface area (Å²) in [5.74, 6) is 0. The van der Waals surface area contributed by atoms with Crippen LogP contribution in [0.5, 0.6) is 0 Å². The van der Waals surface area contributed by atoms with Crippen molar-refractivity contribution in [3.63, 3.8) is 0 Å². The van der Waals surface area contributed by atoms with Crippen LogP contribution in [0.25, 0.3) is 4.85 Å². The average Bonchev–Trinajstić information content (AvgIpc) is 2.16.